The van der Waals surface area contributed by atoms with Crippen molar-refractivity contribution in [1.29, 1.82) is 0 Å². The van der Waals surface area contributed by atoms with E-state index in [0.29, 0.717) is 5.69 Å². The molecule has 0 unspecified atom stereocenters. The number of rotatable bonds is 7. The number of nitrogens with zero attached hydrogens (tertiary/aromatic N) is 3. The summed E-state index contributed by atoms with van der Waals surface area (Å²) in [5.74, 6) is -2.25. The normalized spacial score (nSPS) is 18.3. The molecule has 1 aliphatic carbocycles. The molecule has 1 amide bonds. The molecule has 3 aromatic rings. The predicted molar refractivity (Wildman–Crippen MR) is 127 cm³/mol. The number of aromatic amines is 1. The Morgan fingerprint density at radius 2 is 1.86 bits per heavy atom. The van der Waals surface area contributed by atoms with Crippen LogP contribution >= 0.6 is 11.6 Å². The Bertz CT molecular complexity index is 1270. The van der Waals surface area contributed by atoms with Crippen molar-refractivity contribution >= 4 is 40.3 Å². The summed E-state index contributed by atoms with van der Waals surface area (Å²) in [6.45, 7) is 2.62. The SMILES string of the molecule is Cc1cc(C)c(Nc2nc3cc(C(=O)NC4CCC(C(F)(F)F)CC4)c(OCC(F)F)nc3[nH]2)c(Cl)n1. The number of aryl methyl sites for hydroxylation is 2. The summed E-state index contributed by atoms with van der Waals surface area (Å²) in [5.41, 5.74) is 2.24. The van der Waals surface area contributed by atoms with Gasteiger partial charge in [-0.15, -0.1) is 0 Å². The van der Waals surface area contributed by atoms with E-state index in [1.165, 1.54) is 6.07 Å². The molecule has 3 N–H and O–H groups in total. The van der Waals surface area contributed by atoms with E-state index < -0.39 is 37.1 Å². The number of halogens is 6. The summed E-state index contributed by atoms with van der Waals surface area (Å²) in [6, 6.07) is 2.64. The molecule has 4 rings (SSSR count). The van der Waals surface area contributed by atoms with Crippen LogP contribution in [0.4, 0.5) is 33.6 Å². The van der Waals surface area contributed by atoms with Gasteiger partial charge in [0.05, 0.1) is 11.6 Å². The number of carbonyl (C=O) groups excluding carboxylic acids is 1. The first kappa shape index (κ1) is 26.8. The molecule has 37 heavy (non-hydrogen) atoms. The number of alkyl halides is 5. The Hall–Kier alpha value is -3.22. The van der Waals surface area contributed by atoms with Crippen molar-refractivity contribution in [3.05, 3.63) is 34.1 Å². The van der Waals surface area contributed by atoms with Crippen LogP contribution in [-0.4, -0.2) is 51.1 Å². The van der Waals surface area contributed by atoms with E-state index in [1.807, 2.05) is 13.0 Å². The topological polar surface area (TPSA) is 105 Å². The van der Waals surface area contributed by atoms with Gasteiger partial charge in [0.1, 0.15) is 11.1 Å². The summed E-state index contributed by atoms with van der Waals surface area (Å²) in [7, 11) is 0. The highest BCUT2D eigenvalue weighted by Gasteiger charge is 2.41. The molecular formula is C23H24ClF5N6O2. The third kappa shape index (κ3) is 6.38. The van der Waals surface area contributed by atoms with Crippen molar-refractivity contribution < 1.29 is 31.5 Å². The summed E-state index contributed by atoms with van der Waals surface area (Å²) < 4.78 is 69.6. The van der Waals surface area contributed by atoms with E-state index in [4.69, 9.17) is 16.3 Å². The molecule has 0 saturated heterocycles. The number of fused-ring (bicyclic) bond motifs is 1. The molecule has 1 aliphatic rings. The first-order valence-electron chi connectivity index (χ1n) is 11.5. The van der Waals surface area contributed by atoms with Gasteiger partial charge in [-0.25, -0.2) is 18.7 Å². The van der Waals surface area contributed by atoms with Crippen molar-refractivity contribution in [2.75, 3.05) is 11.9 Å². The van der Waals surface area contributed by atoms with Gasteiger partial charge < -0.3 is 20.4 Å². The number of hydrogen-bond donors (Lipinski definition) is 3. The number of imidazole rings is 1. The minimum Gasteiger partial charge on any atom is -0.471 e. The maximum absolute atomic E-state index is 13.0. The van der Waals surface area contributed by atoms with Gasteiger partial charge in [0.25, 0.3) is 12.3 Å². The van der Waals surface area contributed by atoms with Crippen molar-refractivity contribution in [1.82, 2.24) is 25.3 Å². The number of ether oxygens (including phenoxy) is 1. The maximum atomic E-state index is 13.0. The minimum absolute atomic E-state index is 0.106. The summed E-state index contributed by atoms with van der Waals surface area (Å²) in [4.78, 5) is 28.6. The van der Waals surface area contributed by atoms with Crippen LogP contribution in [0.5, 0.6) is 5.88 Å². The Morgan fingerprint density at radius 3 is 2.49 bits per heavy atom. The van der Waals surface area contributed by atoms with E-state index in [-0.39, 0.29) is 59.4 Å². The Morgan fingerprint density at radius 1 is 1.16 bits per heavy atom. The van der Waals surface area contributed by atoms with Gasteiger partial charge >= 0.3 is 6.18 Å². The fourth-order valence-electron chi connectivity index (χ4n) is 4.29. The van der Waals surface area contributed by atoms with Gasteiger partial charge in [-0.1, -0.05) is 11.6 Å². The summed E-state index contributed by atoms with van der Waals surface area (Å²) >= 11 is 6.24. The van der Waals surface area contributed by atoms with Crippen LogP contribution < -0.4 is 15.4 Å². The van der Waals surface area contributed by atoms with Crippen molar-refractivity contribution in [3.8, 4) is 5.88 Å². The second-order valence-corrected chi connectivity index (χ2v) is 9.29. The van der Waals surface area contributed by atoms with Crippen molar-refractivity contribution in [3.63, 3.8) is 0 Å². The molecule has 1 saturated carbocycles. The van der Waals surface area contributed by atoms with Crippen molar-refractivity contribution in [2.24, 2.45) is 5.92 Å². The molecule has 0 atom stereocenters. The number of H-pyrrole nitrogens is 1. The second-order valence-electron chi connectivity index (χ2n) is 8.93. The van der Waals surface area contributed by atoms with Gasteiger partial charge in [0.2, 0.25) is 11.8 Å². The van der Waals surface area contributed by atoms with Crippen molar-refractivity contribution in [2.45, 2.75) is 58.2 Å². The van der Waals surface area contributed by atoms with Gasteiger partial charge in [0.15, 0.2) is 17.4 Å². The van der Waals surface area contributed by atoms with E-state index >= 15 is 0 Å². The third-order valence-electron chi connectivity index (χ3n) is 6.10. The Kier molecular flexibility index (Phi) is 7.72. The molecule has 3 heterocycles. The van der Waals surface area contributed by atoms with E-state index in [1.54, 1.807) is 6.92 Å². The number of anilines is 2. The average molecular weight is 547 g/mol. The number of nitrogens with one attached hydrogen (secondary N) is 3. The highest BCUT2D eigenvalue weighted by atomic mass is 35.5. The van der Waals surface area contributed by atoms with E-state index in [9.17, 15) is 26.7 Å². The number of hydrogen-bond acceptors (Lipinski definition) is 6. The largest absolute Gasteiger partial charge is 0.471 e. The van der Waals surface area contributed by atoms with Crippen LogP contribution in [0, 0.1) is 19.8 Å². The highest BCUT2D eigenvalue weighted by Crippen LogP contribution is 2.37. The molecule has 0 aliphatic heterocycles. The first-order chi connectivity index (χ1) is 17.4. The maximum Gasteiger partial charge on any atom is 0.391 e. The standard InChI is InChI=1S/C23H24ClF5N6O2/c1-10-7-11(2)30-18(24)17(10)33-22-32-15-8-14(21(34-19(15)35-22)37-9-16(25)26)20(36)31-13-5-3-12(4-6-13)23(27,28)29/h7-8,12-13,16H,3-6,9H2,1-2H3,(H,31,36)(H2,32,33,34,35). The third-order valence-corrected chi connectivity index (χ3v) is 6.37. The van der Waals surface area contributed by atoms with Crippen LogP contribution in [0.25, 0.3) is 11.2 Å². The molecule has 0 spiro atoms. The predicted octanol–water partition coefficient (Wildman–Crippen LogP) is 5.86. The van der Waals surface area contributed by atoms with Crippen LogP contribution in [-0.2, 0) is 0 Å². The van der Waals surface area contributed by atoms with Gasteiger partial charge in [-0.3, -0.25) is 4.79 Å². The summed E-state index contributed by atoms with van der Waals surface area (Å²) in [5, 5.41) is 5.89. The highest BCUT2D eigenvalue weighted by molar-refractivity contribution is 6.32. The zero-order valence-electron chi connectivity index (χ0n) is 19.8. The number of aromatic nitrogens is 4. The average Bonchev–Trinajstić information content (AvgIpc) is 3.20. The van der Waals surface area contributed by atoms with Crippen LogP contribution in [0.15, 0.2) is 12.1 Å². The van der Waals surface area contributed by atoms with Crippen LogP contribution in [0.3, 0.4) is 0 Å². The summed E-state index contributed by atoms with van der Waals surface area (Å²) in [6.07, 6.45) is -7.03. The molecule has 8 nitrogen and oxygen atoms in total. The molecular weight excluding hydrogens is 523 g/mol. The zero-order valence-corrected chi connectivity index (χ0v) is 20.6. The van der Waals surface area contributed by atoms with Gasteiger partial charge in [0, 0.05) is 11.7 Å². The number of amides is 1. The molecule has 3 aromatic heterocycles. The smallest absolute Gasteiger partial charge is 0.391 e. The van der Waals surface area contributed by atoms with Gasteiger partial charge in [-0.2, -0.15) is 18.2 Å². The molecule has 200 valence electrons. The molecule has 0 radical (unpaired) electrons. The molecule has 0 bridgehead atoms. The van der Waals surface area contributed by atoms with Crippen LogP contribution in [0.2, 0.25) is 5.15 Å². The minimum atomic E-state index is -4.27. The second kappa shape index (κ2) is 10.6. The van der Waals surface area contributed by atoms with Crippen LogP contribution in [0.1, 0.15) is 47.3 Å². The monoisotopic (exact) mass is 546 g/mol. The fraction of sp³-hybridized carbons (Fsp3) is 0.478. The number of carbonyl (C=O) groups is 1. The molecule has 0 aromatic carbocycles. The lowest BCUT2D eigenvalue weighted by Crippen LogP contribution is -2.40. The fourth-order valence-corrected chi connectivity index (χ4v) is 4.62. The lowest BCUT2D eigenvalue weighted by Gasteiger charge is -2.30. The lowest BCUT2D eigenvalue weighted by molar-refractivity contribution is -0.182. The quantitative estimate of drug-likeness (QED) is 0.253. The Labute approximate surface area is 213 Å². The van der Waals surface area contributed by atoms with Gasteiger partial charge in [-0.05, 0) is 57.2 Å². The lowest BCUT2D eigenvalue weighted by atomic mass is 9.85. The Balaban J connectivity index is 1.58. The van der Waals surface area contributed by atoms with E-state index in [0.717, 1.165) is 11.3 Å². The number of pyridine rings is 2. The zero-order chi connectivity index (χ0) is 26.9. The molecule has 14 heteroatoms. The first-order valence-corrected chi connectivity index (χ1v) is 11.9. The van der Waals surface area contributed by atoms with E-state index in [2.05, 4.69) is 30.6 Å². The molecule has 1 fully saturated rings.